The summed E-state index contributed by atoms with van der Waals surface area (Å²) in [6.07, 6.45) is 3.89. The summed E-state index contributed by atoms with van der Waals surface area (Å²) in [5.74, 6) is 0. The number of aliphatic hydroxyl groups is 1. The summed E-state index contributed by atoms with van der Waals surface area (Å²) >= 11 is 0. The molecule has 0 aliphatic rings. The van der Waals surface area contributed by atoms with Gasteiger partial charge in [0, 0.05) is 12.4 Å². The molecule has 0 aliphatic carbocycles. The van der Waals surface area contributed by atoms with Gasteiger partial charge < -0.3 is 5.11 Å². The van der Waals surface area contributed by atoms with Crippen LogP contribution in [0.15, 0.2) is 36.7 Å². The summed E-state index contributed by atoms with van der Waals surface area (Å²) in [4.78, 5) is 4.12. The maximum Gasteiger partial charge on any atom is 0.105 e. The highest BCUT2D eigenvalue weighted by Gasteiger charge is 2.16. The molecule has 1 aromatic heterocycles. The predicted molar refractivity (Wildman–Crippen MR) is 73.6 cm³/mol. The lowest BCUT2D eigenvalue weighted by Crippen LogP contribution is -2.06. The number of hydrogen-bond donors (Lipinski definition) is 1. The molecule has 1 N–H and O–H groups in total. The number of pyridine rings is 1. The molecule has 1 aromatic carbocycles. The first kappa shape index (κ1) is 12.8. The fraction of sp³-hybridized carbons (Fsp3) is 0.312. The highest BCUT2D eigenvalue weighted by atomic mass is 16.3. The van der Waals surface area contributed by atoms with Crippen molar-refractivity contribution in [3.63, 3.8) is 0 Å². The average molecular weight is 241 g/mol. The number of nitrogens with zero attached hydrogens (tertiary/aromatic N) is 1. The van der Waals surface area contributed by atoms with Gasteiger partial charge in [-0.25, -0.2) is 0 Å². The Hall–Kier alpha value is -1.67. The Bertz CT molecular complexity index is 549. The van der Waals surface area contributed by atoms with Gasteiger partial charge in [0.25, 0.3) is 0 Å². The van der Waals surface area contributed by atoms with Crippen LogP contribution in [0.1, 0.15) is 40.8 Å². The summed E-state index contributed by atoms with van der Waals surface area (Å²) in [7, 11) is 0. The predicted octanol–water partition coefficient (Wildman–Crippen LogP) is 3.34. The van der Waals surface area contributed by atoms with Crippen molar-refractivity contribution in [2.24, 2.45) is 0 Å². The van der Waals surface area contributed by atoms with Gasteiger partial charge in [-0.05, 0) is 54.2 Å². The van der Waals surface area contributed by atoms with Crippen LogP contribution in [0.5, 0.6) is 0 Å². The first-order valence-corrected chi connectivity index (χ1v) is 6.32. The van der Waals surface area contributed by atoms with E-state index in [4.69, 9.17) is 0 Å². The minimum absolute atomic E-state index is 0.567. The van der Waals surface area contributed by atoms with Gasteiger partial charge in [0.1, 0.15) is 6.10 Å². The zero-order valence-corrected chi connectivity index (χ0v) is 11.1. The summed E-state index contributed by atoms with van der Waals surface area (Å²) in [6.45, 7) is 6.20. The standard InChI is InChI=1S/C16H19NO/c1-4-13-10-17-9-8-15(13)16(18)14-7-5-6-11(2)12(14)3/h5-10,16,18H,4H2,1-3H3. The topological polar surface area (TPSA) is 33.1 Å². The second-order valence-corrected chi connectivity index (χ2v) is 4.62. The number of benzene rings is 1. The Morgan fingerprint density at radius 2 is 1.94 bits per heavy atom. The maximum absolute atomic E-state index is 10.6. The molecule has 0 spiro atoms. The van der Waals surface area contributed by atoms with Crippen molar-refractivity contribution in [3.05, 3.63) is 64.5 Å². The van der Waals surface area contributed by atoms with Crippen LogP contribution < -0.4 is 0 Å². The third-order valence-corrected chi connectivity index (χ3v) is 3.56. The van der Waals surface area contributed by atoms with E-state index < -0.39 is 6.10 Å². The molecule has 1 atom stereocenters. The molecule has 2 rings (SSSR count). The molecule has 2 heteroatoms. The van der Waals surface area contributed by atoms with Gasteiger partial charge >= 0.3 is 0 Å². The third kappa shape index (κ3) is 2.29. The van der Waals surface area contributed by atoms with Crippen LogP contribution in [0.25, 0.3) is 0 Å². The van der Waals surface area contributed by atoms with Crippen LogP contribution in [-0.2, 0) is 6.42 Å². The normalized spacial score (nSPS) is 12.4. The van der Waals surface area contributed by atoms with Crippen molar-refractivity contribution >= 4 is 0 Å². The van der Waals surface area contributed by atoms with Gasteiger partial charge in [-0.1, -0.05) is 25.1 Å². The number of rotatable bonds is 3. The lowest BCUT2D eigenvalue weighted by Gasteiger charge is -2.18. The zero-order valence-electron chi connectivity index (χ0n) is 11.1. The van der Waals surface area contributed by atoms with E-state index in [1.165, 1.54) is 5.56 Å². The molecule has 0 bridgehead atoms. The van der Waals surface area contributed by atoms with Crippen LogP contribution >= 0.6 is 0 Å². The smallest absolute Gasteiger partial charge is 0.105 e. The van der Waals surface area contributed by atoms with Gasteiger partial charge in [-0.3, -0.25) is 4.98 Å². The minimum atomic E-state index is -0.567. The molecule has 0 aliphatic heterocycles. The number of aliphatic hydroxyl groups excluding tert-OH is 1. The summed E-state index contributed by atoms with van der Waals surface area (Å²) < 4.78 is 0. The van der Waals surface area contributed by atoms with Crippen molar-refractivity contribution in [2.45, 2.75) is 33.3 Å². The van der Waals surface area contributed by atoms with Gasteiger partial charge in [0.15, 0.2) is 0 Å². The number of hydrogen-bond acceptors (Lipinski definition) is 2. The maximum atomic E-state index is 10.6. The first-order valence-electron chi connectivity index (χ1n) is 6.32. The Morgan fingerprint density at radius 3 is 2.67 bits per heavy atom. The summed E-state index contributed by atoms with van der Waals surface area (Å²) in [6, 6.07) is 7.96. The Labute approximate surface area is 108 Å². The Morgan fingerprint density at radius 1 is 1.17 bits per heavy atom. The second-order valence-electron chi connectivity index (χ2n) is 4.62. The number of aromatic nitrogens is 1. The van der Waals surface area contributed by atoms with E-state index >= 15 is 0 Å². The lowest BCUT2D eigenvalue weighted by molar-refractivity contribution is 0.218. The highest BCUT2D eigenvalue weighted by molar-refractivity contribution is 5.41. The fourth-order valence-corrected chi connectivity index (χ4v) is 2.24. The van der Waals surface area contributed by atoms with Gasteiger partial charge in [-0.15, -0.1) is 0 Å². The van der Waals surface area contributed by atoms with Crippen LogP contribution in [0.3, 0.4) is 0 Å². The van der Waals surface area contributed by atoms with Crippen molar-refractivity contribution < 1.29 is 5.11 Å². The molecule has 2 nitrogen and oxygen atoms in total. The second kappa shape index (κ2) is 5.32. The third-order valence-electron chi connectivity index (χ3n) is 3.56. The van der Waals surface area contributed by atoms with Crippen molar-refractivity contribution in [3.8, 4) is 0 Å². The summed E-state index contributed by atoms with van der Waals surface area (Å²) in [5, 5.41) is 10.6. The molecule has 0 saturated carbocycles. The van der Waals surface area contributed by atoms with Gasteiger partial charge in [0.05, 0.1) is 0 Å². The summed E-state index contributed by atoms with van der Waals surface area (Å²) in [5.41, 5.74) is 5.41. The van der Waals surface area contributed by atoms with E-state index in [9.17, 15) is 5.11 Å². The minimum Gasteiger partial charge on any atom is -0.384 e. The van der Waals surface area contributed by atoms with E-state index in [2.05, 4.69) is 31.8 Å². The molecular weight excluding hydrogens is 222 g/mol. The van der Waals surface area contributed by atoms with Crippen LogP contribution in [-0.4, -0.2) is 10.1 Å². The Balaban J connectivity index is 2.48. The van der Waals surface area contributed by atoms with E-state index in [0.717, 1.165) is 28.7 Å². The highest BCUT2D eigenvalue weighted by Crippen LogP contribution is 2.28. The SMILES string of the molecule is CCc1cnccc1C(O)c1cccc(C)c1C. The molecule has 0 saturated heterocycles. The molecule has 0 radical (unpaired) electrons. The van der Waals surface area contributed by atoms with Crippen molar-refractivity contribution in [1.82, 2.24) is 4.98 Å². The van der Waals surface area contributed by atoms with E-state index in [0.29, 0.717) is 0 Å². The first-order chi connectivity index (χ1) is 8.65. The van der Waals surface area contributed by atoms with Gasteiger partial charge in [-0.2, -0.15) is 0 Å². The molecule has 2 aromatic rings. The molecule has 0 fully saturated rings. The van der Waals surface area contributed by atoms with E-state index in [1.807, 2.05) is 24.4 Å². The van der Waals surface area contributed by atoms with E-state index in [-0.39, 0.29) is 0 Å². The fourth-order valence-electron chi connectivity index (χ4n) is 2.24. The molecule has 94 valence electrons. The Kier molecular flexibility index (Phi) is 3.78. The average Bonchev–Trinajstić information content (AvgIpc) is 2.41. The molecule has 0 amide bonds. The molecule has 18 heavy (non-hydrogen) atoms. The largest absolute Gasteiger partial charge is 0.384 e. The molecule has 1 heterocycles. The quantitative estimate of drug-likeness (QED) is 0.894. The lowest BCUT2D eigenvalue weighted by atomic mass is 9.92. The monoisotopic (exact) mass is 241 g/mol. The van der Waals surface area contributed by atoms with E-state index in [1.54, 1.807) is 6.20 Å². The molecule has 1 unspecified atom stereocenters. The molecular formula is C16H19NO. The van der Waals surface area contributed by atoms with Crippen molar-refractivity contribution in [1.29, 1.82) is 0 Å². The number of aryl methyl sites for hydroxylation is 2. The van der Waals surface area contributed by atoms with Crippen molar-refractivity contribution in [2.75, 3.05) is 0 Å². The van der Waals surface area contributed by atoms with Crippen LogP contribution in [0.4, 0.5) is 0 Å². The zero-order chi connectivity index (χ0) is 13.1. The van der Waals surface area contributed by atoms with Gasteiger partial charge in [0.2, 0.25) is 0 Å². The van der Waals surface area contributed by atoms with Crippen LogP contribution in [0.2, 0.25) is 0 Å². The van der Waals surface area contributed by atoms with Crippen LogP contribution in [0, 0.1) is 13.8 Å².